The summed E-state index contributed by atoms with van der Waals surface area (Å²) in [6, 6.07) is 0. The molecular formula is C23H45NO4. The number of carbonyl (C=O) groups excluding carboxylic acids is 1. The van der Waals surface area contributed by atoms with Crippen molar-refractivity contribution in [2.24, 2.45) is 0 Å². The lowest BCUT2D eigenvalue weighted by Gasteiger charge is -2.37. The molecule has 0 aromatic heterocycles. The van der Waals surface area contributed by atoms with Crippen LogP contribution in [0.3, 0.4) is 0 Å². The molecule has 0 aromatic rings. The Kier molecular flexibility index (Phi) is 12.3. The summed E-state index contributed by atoms with van der Waals surface area (Å²) in [6.45, 7) is 6.77. The van der Waals surface area contributed by atoms with E-state index in [1.807, 2.05) is 13.8 Å². The van der Waals surface area contributed by atoms with Crippen LogP contribution in [0, 0.1) is 0 Å². The lowest BCUT2D eigenvalue weighted by Crippen LogP contribution is -2.50. The summed E-state index contributed by atoms with van der Waals surface area (Å²) in [5, 5.41) is 12.2. The van der Waals surface area contributed by atoms with Gasteiger partial charge in [-0.1, -0.05) is 71.1 Å². The maximum Gasteiger partial charge on any atom is 0.305 e. The summed E-state index contributed by atoms with van der Waals surface area (Å²) in [6.07, 6.45) is 16.8. The van der Waals surface area contributed by atoms with Crippen LogP contribution >= 0.6 is 0 Å². The highest BCUT2D eigenvalue weighted by Gasteiger charge is 2.50. The smallest absolute Gasteiger partial charge is 0.305 e. The zero-order valence-corrected chi connectivity index (χ0v) is 18.9. The van der Waals surface area contributed by atoms with Crippen LogP contribution in [0.4, 0.5) is 0 Å². The fraction of sp³-hybridized carbons (Fsp3) is 0.957. The molecule has 5 heteroatoms. The zero-order valence-electron chi connectivity index (χ0n) is 18.9. The normalized spacial score (nSPS) is 21.9. The summed E-state index contributed by atoms with van der Waals surface area (Å²) < 4.78 is 10.8. The third-order valence-electron chi connectivity index (χ3n) is 6.00. The molecule has 1 heterocycles. The summed E-state index contributed by atoms with van der Waals surface area (Å²) in [5.74, 6) is -0.202. The van der Waals surface area contributed by atoms with Gasteiger partial charge >= 0.3 is 5.97 Å². The van der Waals surface area contributed by atoms with Crippen LogP contribution < -0.4 is 0 Å². The molecule has 0 bridgehead atoms. The number of unbranched alkanes of at least 4 members (excludes halogenated alkanes) is 10. The van der Waals surface area contributed by atoms with Crippen molar-refractivity contribution < 1.29 is 19.5 Å². The van der Waals surface area contributed by atoms with Crippen LogP contribution in [0.5, 0.6) is 0 Å². The third-order valence-corrected chi connectivity index (χ3v) is 6.00. The van der Waals surface area contributed by atoms with E-state index >= 15 is 0 Å². The summed E-state index contributed by atoms with van der Waals surface area (Å²) >= 11 is 0. The number of rotatable bonds is 16. The molecule has 1 saturated heterocycles. The highest BCUT2D eigenvalue weighted by atomic mass is 16.6. The lowest BCUT2D eigenvalue weighted by molar-refractivity contribution is -0.256. The van der Waals surface area contributed by atoms with Crippen molar-refractivity contribution in [2.75, 3.05) is 13.7 Å². The van der Waals surface area contributed by atoms with Crippen LogP contribution in [0.1, 0.15) is 117 Å². The van der Waals surface area contributed by atoms with Gasteiger partial charge in [0.1, 0.15) is 5.72 Å². The topological polar surface area (TPSA) is 59.0 Å². The second kappa shape index (κ2) is 13.6. The van der Waals surface area contributed by atoms with Crippen molar-refractivity contribution in [3.05, 3.63) is 0 Å². The highest BCUT2D eigenvalue weighted by molar-refractivity contribution is 5.69. The number of esters is 1. The van der Waals surface area contributed by atoms with Gasteiger partial charge in [-0.25, -0.2) is 0 Å². The van der Waals surface area contributed by atoms with E-state index in [9.17, 15) is 10.0 Å². The first-order valence-corrected chi connectivity index (χ1v) is 11.6. The van der Waals surface area contributed by atoms with Crippen molar-refractivity contribution in [1.29, 1.82) is 0 Å². The molecule has 5 nitrogen and oxygen atoms in total. The van der Waals surface area contributed by atoms with Crippen LogP contribution in [0.15, 0.2) is 0 Å². The minimum Gasteiger partial charge on any atom is -0.469 e. The molecule has 1 aliphatic rings. The predicted molar refractivity (Wildman–Crippen MR) is 113 cm³/mol. The molecule has 1 fully saturated rings. The van der Waals surface area contributed by atoms with Crippen molar-refractivity contribution in [3.63, 3.8) is 0 Å². The van der Waals surface area contributed by atoms with Crippen molar-refractivity contribution in [2.45, 2.75) is 128 Å². The zero-order chi connectivity index (χ0) is 20.9. The molecule has 0 radical (unpaired) electrons. The number of methoxy groups -OCH3 is 1. The quantitative estimate of drug-likeness (QED) is 0.246. The van der Waals surface area contributed by atoms with E-state index in [4.69, 9.17) is 9.47 Å². The predicted octanol–water partition coefficient (Wildman–Crippen LogP) is 6.23. The SMILES string of the molecule is CCCCCCCCCCCCCC1(CCCC(=O)OC)OCC(C)(C)N1O. The molecule has 0 aliphatic carbocycles. The molecule has 166 valence electrons. The van der Waals surface area contributed by atoms with Crippen molar-refractivity contribution in [1.82, 2.24) is 5.06 Å². The van der Waals surface area contributed by atoms with E-state index < -0.39 is 5.72 Å². The molecule has 1 aliphatic heterocycles. The number of ether oxygens (including phenoxy) is 2. The maximum atomic E-state index is 11.4. The summed E-state index contributed by atoms with van der Waals surface area (Å²) in [4.78, 5) is 11.4. The molecule has 0 aromatic carbocycles. The molecule has 1 unspecified atom stereocenters. The average molecular weight is 400 g/mol. The molecule has 1 N–H and O–H groups in total. The van der Waals surface area contributed by atoms with E-state index in [2.05, 4.69) is 6.92 Å². The Balaban J connectivity index is 2.26. The lowest BCUT2D eigenvalue weighted by atomic mass is 9.95. The van der Waals surface area contributed by atoms with Crippen molar-refractivity contribution >= 4 is 5.97 Å². The van der Waals surface area contributed by atoms with E-state index in [-0.39, 0.29) is 11.5 Å². The number of hydroxylamine groups is 2. The number of nitrogens with zero attached hydrogens (tertiary/aromatic N) is 1. The van der Waals surface area contributed by atoms with Gasteiger partial charge in [0, 0.05) is 6.42 Å². The van der Waals surface area contributed by atoms with Crippen LogP contribution in [0.2, 0.25) is 0 Å². The Morgan fingerprint density at radius 3 is 1.89 bits per heavy atom. The number of hydrogen-bond acceptors (Lipinski definition) is 5. The first kappa shape index (κ1) is 25.4. The second-order valence-corrected chi connectivity index (χ2v) is 9.07. The molecular weight excluding hydrogens is 354 g/mol. The molecule has 0 amide bonds. The molecule has 0 spiro atoms. The van der Waals surface area contributed by atoms with Crippen molar-refractivity contribution in [3.8, 4) is 0 Å². The minimum absolute atomic E-state index is 0.202. The van der Waals surface area contributed by atoms with Crippen LogP contribution in [0.25, 0.3) is 0 Å². The molecule has 0 saturated carbocycles. The van der Waals surface area contributed by atoms with E-state index in [1.54, 1.807) is 0 Å². The van der Waals surface area contributed by atoms with Crippen LogP contribution in [-0.4, -0.2) is 41.2 Å². The first-order valence-electron chi connectivity index (χ1n) is 11.6. The molecule has 28 heavy (non-hydrogen) atoms. The van der Waals surface area contributed by atoms with Gasteiger partial charge < -0.3 is 14.7 Å². The van der Waals surface area contributed by atoms with Gasteiger partial charge in [-0.05, 0) is 39.5 Å². The minimum atomic E-state index is -0.656. The van der Waals surface area contributed by atoms with E-state index in [0.29, 0.717) is 25.9 Å². The summed E-state index contributed by atoms with van der Waals surface area (Å²) in [7, 11) is 1.41. The summed E-state index contributed by atoms with van der Waals surface area (Å²) in [5.41, 5.74) is -1.04. The Hall–Kier alpha value is -0.650. The standard InChI is InChI=1S/C23H45NO4/c1-5-6-7-8-9-10-11-12-13-14-15-18-23(19-16-17-21(25)27-4)24(26)22(2,3)20-28-23/h26H,5-20H2,1-4H3. The van der Waals surface area contributed by atoms with Gasteiger partial charge in [0.15, 0.2) is 0 Å². The number of hydrogen-bond donors (Lipinski definition) is 1. The Morgan fingerprint density at radius 1 is 0.929 bits per heavy atom. The Labute approximate surface area is 173 Å². The molecule has 1 atom stereocenters. The van der Waals surface area contributed by atoms with Gasteiger partial charge in [-0.15, -0.1) is 0 Å². The van der Waals surface area contributed by atoms with Gasteiger partial charge in [-0.2, -0.15) is 5.06 Å². The number of carbonyl (C=O) groups is 1. The van der Waals surface area contributed by atoms with E-state index in [1.165, 1.54) is 76.4 Å². The average Bonchev–Trinajstić information content (AvgIpc) is 2.90. The van der Waals surface area contributed by atoms with Gasteiger partial charge in [0.25, 0.3) is 0 Å². The maximum absolute atomic E-state index is 11.4. The fourth-order valence-electron chi connectivity index (χ4n) is 4.14. The largest absolute Gasteiger partial charge is 0.469 e. The van der Waals surface area contributed by atoms with Gasteiger partial charge in [0.2, 0.25) is 0 Å². The molecule has 1 rings (SSSR count). The Morgan fingerprint density at radius 2 is 1.43 bits per heavy atom. The third kappa shape index (κ3) is 8.79. The Bertz CT molecular complexity index is 427. The first-order chi connectivity index (χ1) is 13.4. The second-order valence-electron chi connectivity index (χ2n) is 9.07. The monoisotopic (exact) mass is 399 g/mol. The van der Waals surface area contributed by atoms with Gasteiger partial charge in [0.05, 0.1) is 19.3 Å². The van der Waals surface area contributed by atoms with Gasteiger partial charge in [-0.3, -0.25) is 4.79 Å². The van der Waals surface area contributed by atoms with E-state index in [0.717, 1.165) is 12.8 Å². The fourth-order valence-corrected chi connectivity index (χ4v) is 4.14. The highest BCUT2D eigenvalue weighted by Crippen LogP contribution is 2.40. The van der Waals surface area contributed by atoms with Crippen LogP contribution in [-0.2, 0) is 14.3 Å².